The van der Waals surface area contributed by atoms with E-state index in [2.05, 4.69) is 13.8 Å². The fraction of sp³-hybridized carbons (Fsp3) is 0.500. The summed E-state index contributed by atoms with van der Waals surface area (Å²) in [5.41, 5.74) is 1.58. The van der Waals surface area contributed by atoms with Gasteiger partial charge >= 0.3 is 0 Å². The van der Waals surface area contributed by atoms with E-state index < -0.39 is 0 Å². The van der Waals surface area contributed by atoms with E-state index in [0.29, 0.717) is 0 Å². The Labute approximate surface area is 102 Å². The molecule has 0 aliphatic carbocycles. The highest BCUT2D eigenvalue weighted by atomic mass is 16.5. The monoisotopic (exact) mass is 233 g/mol. The molecule has 0 saturated carbocycles. The van der Waals surface area contributed by atoms with E-state index in [1.165, 1.54) is 0 Å². The zero-order chi connectivity index (χ0) is 12.8. The molecule has 1 aliphatic heterocycles. The summed E-state index contributed by atoms with van der Waals surface area (Å²) in [6.07, 6.45) is 0. The Bertz CT molecular complexity index is 463. The molecular weight excluding hydrogens is 214 g/mol. The van der Waals surface area contributed by atoms with Gasteiger partial charge in [0.2, 0.25) is 0 Å². The third-order valence-electron chi connectivity index (χ3n) is 3.45. The van der Waals surface area contributed by atoms with Gasteiger partial charge in [0.05, 0.1) is 12.6 Å². The van der Waals surface area contributed by atoms with Crippen molar-refractivity contribution in [1.29, 1.82) is 0 Å². The fourth-order valence-corrected chi connectivity index (χ4v) is 2.74. The van der Waals surface area contributed by atoms with Crippen LogP contribution in [-0.4, -0.2) is 24.0 Å². The van der Waals surface area contributed by atoms with Crippen molar-refractivity contribution in [3.63, 3.8) is 0 Å². The number of methoxy groups -OCH3 is 1. The number of rotatable bonds is 2. The van der Waals surface area contributed by atoms with Gasteiger partial charge < -0.3 is 9.64 Å². The van der Waals surface area contributed by atoms with Crippen LogP contribution in [0, 0.1) is 0 Å². The first-order valence-electron chi connectivity index (χ1n) is 5.91. The number of amides is 1. The lowest BCUT2D eigenvalue weighted by atomic mass is 9.93. The van der Waals surface area contributed by atoms with Crippen LogP contribution < -0.4 is 4.74 Å². The van der Waals surface area contributed by atoms with Gasteiger partial charge in [0.15, 0.2) is 0 Å². The molecule has 0 bridgehead atoms. The molecule has 0 fully saturated rings. The molecule has 1 aromatic rings. The second-order valence-corrected chi connectivity index (χ2v) is 5.24. The number of benzene rings is 1. The van der Waals surface area contributed by atoms with Crippen molar-refractivity contribution in [3.8, 4) is 5.75 Å². The molecule has 3 nitrogen and oxygen atoms in total. The molecule has 17 heavy (non-hydrogen) atoms. The third-order valence-corrected chi connectivity index (χ3v) is 3.45. The van der Waals surface area contributed by atoms with Crippen LogP contribution in [0.15, 0.2) is 18.2 Å². The molecule has 0 unspecified atom stereocenters. The Hall–Kier alpha value is -1.51. The Morgan fingerprint density at radius 3 is 2.47 bits per heavy atom. The topological polar surface area (TPSA) is 29.5 Å². The van der Waals surface area contributed by atoms with Crippen molar-refractivity contribution in [2.45, 2.75) is 39.3 Å². The van der Waals surface area contributed by atoms with E-state index in [-0.39, 0.29) is 17.5 Å². The Morgan fingerprint density at radius 1 is 1.29 bits per heavy atom. The third kappa shape index (κ3) is 1.61. The highest BCUT2D eigenvalue weighted by molar-refractivity contribution is 6.00. The molecule has 0 saturated heterocycles. The van der Waals surface area contributed by atoms with Gasteiger partial charge in [0.1, 0.15) is 5.75 Å². The van der Waals surface area contributed by atoms with Gasteiger partial charge in [0.25, 0.3) is 5.91 Å². The summed E-state index contributed by atoms with van der Waals surface area (Å²) in [5, 5.41) is 0. The fourth-order valence-electron chi connectivity index (χ4n) is 2.74. The molecule has 0 N–H and O–H groups in total. The van der Waals surface area contributed by atoms with Crippen molar-refractivity contribution in [1.82, 2.24) is 4.90 Å². The minimum absolute atomic E-state index is 0.114. The van der Waals surface area contributed by atoms with Gasteiger partial charge in [-0.3, -0.25) is 4.79 Å². The number of hydrogen-bond acceptors (Lipinski definition) is 2. The summed E-state index contributed by atoms with van der Waals surface area (Å²) in [6.45, 7) is 8.25. The molecule has 0 spiro atoms. The number of nitrogens with zero attached hydrogens (tertiary/aromatic N) is 1. The first kappa shape index (κ1) is 12.0. The number of fused-ring (bicyclic) bond motifs is 1. The van der Waals surface area contributed by atoms with Gasteiger partial charge in [-0.05, 0) is 51.5 Å². The molecule has 2 rings (SSSR count). The van der Waals surface area contributed by atoms with Crippen LogP contribution >= 0.6 is 0 Å². The van der Waals surface area contributed by atoms with Crippen molar-refractivity contribution in [2.75, 3.05) is 7.11 Å². The van der Waals surface area contributed by atoms with Crippen molar-refractivity contribution < 1.29 is 9.53 Å². The molecule has 92 valence electrons. The lowest BCUT2D eigenvalue weighted by molar-refractivity contribution is 0.0525. The first-order chi connectivity index (χ1) is 7.89. The summed E-state index contributed by atoms with van der Waals surface area (Å²) in [7, 11) is 1.64. The van der Waals surface area contributed by atoms with Gasteiger partial charge in [-0.15, -0.1) is 0 Å². The second kappa shape index (κ2) is 3.76. The molecule has 0 aromatic heterocycles. The minimum atomic E-state index is -0.269. The molecule has 0 radical (unpaired) electrons. The maximum Gasteiger partial charge on any atom is 0.255 e. The zero-order valence-electron chi connectivity index (χ0n) is 11.1. The molecule has 0 atom stereocenters. The minimum Gasteiger partial charge on any atom is -0.497 e. The predicted octanol–water partition coefficient (Wildman–Crippen LogP) is 2.79. The van der Waals surface area contributed by atoms with E-state index in [0.717, 1.165) is 16.9 Å². The lowest BCUT2D eigenvalue weighted by Crippen LogP contribution is -2.43. The average molecular weight is 233 g/mol. The zero-order valence-corrected chi connectivity index (χ0v) is 11.1. The van der Waals surface area contributed by atoms with E-state index in [9.17, 15) is 4.79 Å². The summed E-state index contributed by atoms with van der Waals surface area (Å²) >= 11 is 0. The lowest BCUT2D eigenvalue weighted by Gasteiger charge is -2.35. The normalized spacial score (nSPS) is 17.5. The van der Waals surface area contributed by atoms with E-state index in [4.69, 9.17) is 4.74 Å². The van der Waals surface area contributed by atoms with Crippen LogP contribution in [-0.2, 0) is 5.54 Å². The predicted molar refractivity (Wildman–Crippen MR) is 67.3 cm³/mol. The molecule has 3 heteroatoms. The van der Waals surface area contributed by atoms with Crippen LogP contribution in [0.2, 0.25) is 0 Å². The number of carbonyl (C=O) groups is 1. The van der Waals surface area contributed by atoms with Crippen LogP contribution in [0.1, 0.15) is 43.6 Å². The van der Waals surface area contributed by atoms with Crippen LogP contribution in [0.3, 0.4) is 0 Å². The maximum atomic E-state index is 12.3. The SMILES string of the molecule is COc1ccc2c(c1)C(C)(C)N(C(C)C)C2=O. The second-order valence-electron chi connectivity index (χ2n) is 5.24. The van der Waals surface area contributed by atoms with Gasteiger partial charge in [-0.2, -0.15) is 0 Å². The van der Waals surface area contributed by atoms with E-state index in [1.807, 2.05) is 36.9 Å². The molecule has 1 aromatic carbocycles. The van der Waals surface area contributed by atoms with Crippen molar-refractivity contribution in [3.05, 3.63) is 29.3 Å². The summed E-state index contributed by atoms with van der Waals surface area (Å²) in [5.74, 6) is 0.915. The van der Waals surface area contributed by atoms with E-state index >= 15 is 0 Å². The van der Waals surface area contributed by atoms with Crippen molar-refractivity contribution in [2.24, 2.45) is 0 Å². The van der Waals surface area contributed by atoms with Gasteiger partial charge in [-0.1, -0.05) is 0 Å². The Kier molecular flexibility index (Phi) is 2.64. The number of hydrogen-bond donors (Lipinski definition) is 0. The summed E-state index contributed by atoms with van der Waals surface area (Å²) < 4.78 is 5.23. The molecule has 1 heterocycles. The molecular formula is C14H19NO2. The van der Waals surface area contributed by atoms with Crippen LogP contribution in [0.4, 0.5) is 0 Å². The summed E-state index contributed by atoms with van der Waals surface area (Å²) in [6, 6.07) is 5.86. The standard InChI is InChI=1S/C14H19NO2/c1-9(2)15-13(16)11-7-6-10(17-5)8-12(11)14(15,3)4/h6-9H,1-5H3. The van der Waals surface area contributed by atoms with Crippen LogP contribution in [0.5, 0.6) is 5.75 Å². The number of carbonyl (C=O) groups excluding carboxylic acids is 1. The largest absolute Gasteiger partial charge is 0.497 e. The average Bonchev–Trinajstić information content (AvgIpc) is 2.46. The molecule has 1 amide bonds. The molecule has 1 aliphatic rings. The smallest absolute Gasteiger partial charge is 0.255 e. The Morgan fingerprint density at radius 2 is 1.94 bits per heavy atom. The first-order valence-corrected chi connectivity index (χ1v) is 5.91. The highest BCUT2D eigenvalue weighted by Crippen LogP contribution is 2.41. The highest BCUT2D eigenvalue weighted by Gasteiger charge is 2.44. The number of ether oxygens (including phenoxy) is 1. The van der Waals surface area contributed by atoms with Crippen LogP contribution in [0.25, 0.3) is 0 Å². The van der Waals surface area contributed by atoms with Gasteiger partial charge in [0, 0.05) is 11.6 Å². The summed E-state index contributed by atoms with van der Waals surface area (Å²) in [4.78, 5) is 14.3. The van der Waals surface area contributed by atoms with E-state index in [1.54, 1.807) is 7.11 Å². The quantitative estimate of drug-likeness (QED) is 0.786. The van der Waals surface area contributed by atoms with Gasteiger partial charge in [-0.25, -0.2) is 0 Å². The van der Waals surface area contributed by atoms with Crippen molar-refractivity contribution >= 4 is 5.91 Å². The maximum absolute atomic E-state index is 12.3. The Balaban J connectivity index is 2.58.